The lowest BCUT2D eigenvalue weighted by atomic mass is 10.1. The van der Waals surface area contributed by atoms with Gasteiger partial charge in [0.1, 0.15) is 0 Å². The molecule has 0 aromatic heterocycles. The highest BCUT2D eigenvalue weighted by atomic mass is 35.5. The molecule has 1 aromatic rings. The highest BCUT2D eigenvalue weighted by Crippen LogP contribution is 2.27. The number of halogens is 1. The van der Waals surface area contributed by atoms with Crippen LogP contribution in [0.4, 0.5) is 0 Å². The van der Waals surface area contributed by atoms with Crippen molar-refractivity contribution in [2.75, 3.05) is 19.8 Å². The molecule has 0 bridgehead atoms. The van der Waals surface area contributed by atoms with Crippen LogP contribution in [0.15, 0.2) is 24.3 Å². The zero-order valence-corrected chi connectivity index (χ0v) is 12.7. The molecule has 3 nitrogen and oxygen atoms in total. The number of rotatable bonds is 9. The Morgan fingerprint density at radius 2 is 1.74 bits per heavy atom. The van der Waals surface area contributed by atoms with Crippen LogP contribution in [-0.2, 0) is 9.47 Å². The smallest absolute Gasteiger partial charge is 0.176 e. The summed E-state index contributed by atoms with van der Waals surface area (Å²) in [5.41, 5.74) is 1.02. The van der Waals surface area contributed by atoms with Gasteiger partial charge in [0.2, 0.25) is 0 Å². The molecule has 1 rings (SSSR count). The Balaban J connectivity index is 2.94. The molecule has 1 atom stereocenters. The standard InChI is InChI=1S/C15H24ClNO2/c1-4-11-17-14(15(18-5-2)19-6-3)12-9-7-8-10-13(12)16/h7-10,14-15,17H,4-6,11H2,1-3H3. The van der Waals surface area contributed by atoms with E-state index >= 15 is 0 Å². The van der Waals surface area contributed by atoms with Gasteiger partial charge in [-0.3, -0.25) is 0 Å². The second-order valence-corrected chi connectivity index (χ2v) is 4.64. The molecule has 0 spiro atoms. The predicted octanol–water partition coefficient (Wildman–Crippen LogP) is 3.78. The SMILES string of the molecule is CCCNC(c1ccccc1Cl)C(OCC)OCC. The van der Waals surface area contributed by atoms with Gasteiger partial charge in [-0.05, 0) is 38.4 Å². The summed E-state index contributed by atoms with van der Waals surface area (Å²) in [5.74, 6) is 0. The predicted molar refractivity (Wildman–Crippen MR) is 79.5 cm³/mol. The molecule has 0 aliphatic rings. The van der Waals surface area contributed by atoms with Gasteiger partial charge in [-0.15, -0.1) is 0 Å². The van der Waals surface area contributed by atoms with Crippen LogP contribution in [0, 0.1) is 0 Å². The first-order valence-corrected chi connectivity index (χ1v) is 7.33. The highest BCUT2D eigenvalue weighted by molar-refractivity contribution is 6.31. The summed E-state index contributed by atoms with van der Waals surface area (Å²) in [6, 6.07) is 7.77. The van der Waals surface area contributed by atoms with Gasteiger partial charge in [0, 0.05) is 18.2 Å². The number of ether oxygens (including phenoxy) is 2. The second-order valence-electron chi connectivity index (χ2n) is 4.23. The number of hydrogen-bond acceptors (Lipinski definition) is 3. The lowest BCUT2D eigenvalue weighted by molar-refractivity contribution is -0.155. The summed E-state index contributed by atoms with van der Waals surface area (Å²) in [7, 11) is 0. The average Bonchev–Trinajstić information content (AvgIpc) is 2.41. The van der Waals surface area contributed by atoms with Crippen LogP contribution in [0.3, 0.4) is 0 Å². The fraction of sp³-hybridized carbons (Fsp3) is 0.600. The molecule has 1 N–H and O–H groups in total. The van der Waals surface area contributed by atoms with Gasteiger partial charge in [-0.2, -0.15) is 0 Å². The first kappa shape index (κ1) is 16.4. The van der Waals surface area contributed by atoms with Gasteiger partial charge in [0.05, 0.1) is 6.04 Å². The summed E-state index contributed by atoms with van der Waals surface area (Å²) in [6.45, 7) is 8.18. The van der Waals surface area contributed by atoms with Crippen molar-refractivity contribution < 1.29 is 9.47 Å². The molecular formula is C15H24ClNO2. The molecule has 0 fully saturated rings. The molecule has 1 aromatic carbocycles. The summed E-state index contributed by atoms with van der Waals surface area (Å²) in [6.07, 6.45) is 0.729. The van der Waals surface area contributed by atoms with Gasteiger partial charge in [-0.25, -0.2) is 0 Å². The third kappa shape index (κ3) is 5.11. The van der Waals surface area contributed by atoms with Gasteiger partial charge >= 0.3 is 0 Å². The van der Waals surface area contributed by atoms with Gasteiger partial charge in [0.15, 0.2) is 6.29 Å². The van der Waals surface area contributed by atoms with E-state index < -0.39 is 0 Å². The number of benzene rings is 1. The highest BCUT2D eigenvalue weighted by Gasteiger charge is 2.25. The third-order valence-corrected chi connectivity index (χ3v) is 3.13. The third-order valence-electron chi connectivity index (χ3n) is 2.79. The topological polar surface area (TPSA) is 30.5 Å². The van der Waals surface area contributed by atoms with E-state index in [1.165, 1.54) is 0 Å². The largest absolute Gasteiger partial charge is 0.351 e. The molecule has 0 saturated heterocycles. The Bertz CT molecular complexity index is 354. The Morgan fingerprint density at radius 3 is 2.26 bits per heavy atom. The maximum atomic E-state index is 6.29. The number of hydrogen-bond donors (Lipinski definition) is 1. The Hall–Kier alpha value is -0.610. The lowest BCUT2D eigenvalue weighted by Crippen LogP contribution is -2.36. The molecule has 0 amide bonds. The van der Waals surface area contributed by atoms with Crippen molar-refractivity contribution in [2.24, 2.45) is 0 Å². The molecule has 19 heavy (non-hydrogen) atoms. The van der Waals surface area contributed by atoms with Gasteiger partial charge < -0.3 is 14.8 Å². The van der Waals surface area contributed by atoms with Crippen molar-refractivity contribution in [3.05, 3.63) is 34.9 Å². The molecule has 108 valence electrons. The van der Waals surface area contributed by atoms with E-state index in [1.54, 1.807) is 0 Å². The minimum Gasteiger partial charge on any atom is -0.351 e. The summed E-state index contributed by atoms with van der Waals surface area (Å²) >= 11 is 6.29. The summed E-state index contributed by atoms with van der Waals surface area (Å²) in [4.78, 5) is 0. The van der Waals surface area contributed by atoms with Crippen molar-refractivity contribution in [1.82, 2.24) is 5.32 Å². The normalized spacial score (nSPS) is 12.9. The summed E-state index contributed by atoms with van der Waals surface area (Å²) < 4.78 is 11.4. The maximum Gasteiger partial charge on any atom is 0.176 e. The fourth-order valence-electron chi connectivity index (χ4n) is 1.95. The first-order chi connectivity index (χ1) is 9.24. The van der Waals surface area contributed by atoms with E-state index in [2.05, 4.69) is 12.2 Å². The van der Waals surface area contributed by atoms with E-state index in [0.717, 1.165) is 23.6 Å². The Morgan fingerprint density at radius 1 is 1.11 bits per heavy atom. The minimum atomic E-state index is -0.318. The zero-order chi connectivity index (χ0) is 14.1. The van der Waals surface area contributed by atoms with Crippen LogP contribution in [0.2, 0.25) is 5.02 Å². The molecule has 0 saturated carbocycles. The quantitative estimate of drug-likeness (QED) is 0.701. The second kappa shape index (κ2) is 9.32. The molecule has 4 heteroatoms. The zero-order valence-electron chi connectivity index (χ0n) is 12.0. The van der Waals surface area contributed by atoms with Crippen molar-refractivity contribution in [2.45, 2.75) is 39.5 Å². The van der Waals surface area contributed by atoms with Crippen LogP contribution in [0.25, 0.3) is 0 Å². The van der Waals surface area contributed by atoms with E-state index in [-0.39, 0.29) is 12.3 Å². The van der Waals surface area contributed by atoms with Crippen LogP contribution in [-0.4, -0.2) is 26.0 Å². The van der Waals surface area contributed by atoms with Gasteiger partial charge in [0.25, 0.3) is 0 Å². The minimum absolute atomic E-state index is 0.0476. The Kier molecular flexibility index (Phi) is 8.07. The van der Waals surface area contributed by atoms with Crippen LogP contribution >= 0.6 is 11.6 Å². The van der Waals surface area contributed by atoms with E-state index in [9.17, 15) is 0 Å². The van der Waals surface area contributed by atoms with E-state index in [1.807, 2.05) is 38.1 Å². The monoisotopic (exact) mass is 285 g/mol. The molecule has 1 unspecified atom stereocenters. The van der Waals surface area contributed by atoms with Crippen LogP contribution in [0.1, 0.15) is 38.8 Å². The van der Waals surface area contributed by atoms with Crippen molar-refractivity contribution in [3.63, 3.8) is 0 Å². The van der Waals surface area contributed by atoms with Crippen LogP contribution in [0.5, 0.6) is 0 Å². The fourth-order valence-corrected chi connectivity index (χ4v) is 2.20. The van der Waals surface area contributed by atoms with Crippen LogP contribution < -0.4 is 5.32 Å². The Labute approximate surface area is 121 Å². The van der Waals surface area contributed by atoms with E-state index in [4.69, 9.17) is 21.1 Å². The van der Waals surface area contributed by atoms with E-state index in [0.29, 0.717) is 13.2 Å². The first-order valence-electron chi connectivity index (χ1n) is 6.95. The van der Waals surface area contributed by atoms with Gasteiger partial charge in [-0.1, -0.05) is 36.7 Å². The average molecular weight is 286 g/mol. The molecule has 0 radical (unpaired) electrons. The maximum absolute atomic E-state index is 6.29. The lowest BCUT2D eigenvalue weighted by Gasteiger charge is -2.28. The molecule has 0 aliphatic heterocycles. The molecule has 0 aliphatic carbocycles. The van der Waals surface area contributed by atoms with Crippen molar-refractivity contribution in [3.8, 4) is 0 Å². The molecular weight excluding hydrogens is 262 g/mol. The number of nitrogens with one attached hydrogen (secondary N) is 1. The summed E-state index contributed by atoms with van der Waals surface area (Å²) in [5, 5.41) is 4.20. The molecule has 0 heterocycles. The van der Waals surface area contributed by atoms with Crippen molar-refractivity contribution in [1.29, 1.82) is 0 Å². The van der Waals surface area contributed by atoms with Crippen molar-refractivity contribution >= 4 is 11.6 Å².